The maximum atomic E-state index is 14.9. The number of halogens is 1. The Hall–Kier alpha value is -2.76. The molecule has 0 radical (unpaired) electrons. The molecule has 34 heavy (non-hydrogen) atoms. The lowest BCUT2D eigenvalue weighted by Crippen LogP contribution is -3.09. The van der Waals surface area contributed by atoms with E-state index in [1.165, 1.54) is 21.7 Å². The minimum absolute atomic E-state index is 0.0534. The van der Waals surface area contributed by atoms with Crippen LogP contribution >= 0.6 is 0 Å². The molecule has 188 valence electrons. The summed E-state index contributed by atoms with van der Waals surface area (Å²) < 4.78 is 27.6. The smallest absolute Gasteiger partial charge is 0.409 e. The zero-order chi connectivity index (χ0) is 24.8. The molecule has 3 atom stereocenters. The molecule has 11 heteroatoms. The fourth-order valence-corrected chi connectivity index (χ4v) is 3.95. The van der Waals surface area contributed by atoms with Gasteiger partial charge in [0.25, 0.3) is 0 Å². The lowest BCUT2D eigenvalue weighted by molar-refractivity contribution is -1.07. The van der Waals surface area contributed by atoms with Gasteiger partial charge in [0, 0.05) is 39.0 Å². The molecule has 2 aromatic rings. The van der Waals surface area contributed by atoms with E-state index in [1.54, 1.807) is 20.2 Å². The van der Waals surface area contributed by atoms with Crippen molar-refractivity contribution in [1.82, 2.24) is 19.9 Å². The van der Waals surface area contributed by atoms with Crippen molar-refractivity contribution in [2.45, 2.75) is 64.7 Å². The highest BCUT2D eigenvalue weighted by Crippen LogP contribution is 2.29. The molecule has 0 aliphatic heterocycles. The highest BCUT2D eigenvalue weighted by molar-refractivity contribution is 5.68. The number of rotatable bonds is 9. The number of nitrogens with zero attached hydrogens (tertiary/aromatic N) is 4. The summed E-state index contributed by atoms with van der Waals surface area (Å²) in [6.07, 6.45) is 2.48. The van der Waals surface area contributed by atoms with Crippen LogP contribution in [0, 0.1) is 16.9 Å². The van der Waals surface area contributed by atoms with Crippen molar-refractivity contribution in [3.05, 3.63) is 34.9 Å². The number of aromatic nitrogens is 3. The van der Waals surface area contributed by atoms with Crippen LogP contribution in [0.5, 0.6) is 5.75 Å². The molecule has 1 fully saturated rings. The van der Waals surface area contributed by atoms with Crippen molar-refractivity contribution in [3.63, 3.8) is 0 Å². The van der Waals surface area contributed by atoms with Gasteiger partial charge in [0.05, 0.1) is 0 Å². The Bertz CT molecular complexity index is 967. The lowest BCUT2D eigenvalue weighted by Gasteiger charge is -2.32. The molecule has 2 N–H and O–H groups in total. The van der Waals surface area contributed by atoms with Crippen molar-refractivity contribution in [3.8, 4) is 17.0 Å². The standard InChI is InChI=1S/C23H34FN5O5/c1-15(2)10-11-27(3)23(30)33-14-20-22(25-26-28(20)4)16-8-9-21(19(24)12-16)34-18-7-5-6-17(13-18)29(31)32/h8-9,12,15,17-18,29,31H,5-7,10-11,13-14H2,1-4H3/t17-,18-/m0/s1. The van der Waals surface area contributed by atoms with Crippen LogP contribution in [0.2, 0.25) is 0 Å². The molecule has 10 nitrogen and oxygen atoms in total. The molecule has 0 spiro atoms. The van der Waals surface area contributed by atoms with Crippen molar-refractivity contribution in [2.24, 2.45) is 13.0 Å². The summed E-state index contributed by atoms with van der Waals surface area (Å²) in [5, 5.41) is 27.8. The van der Waals surface area contributed by atoms with Gasteiger partial charge in [0.2, 0.25) is 0 Å². The Labute approximate surface area is 198 Å². The predicted molar refractivity (Wildman–Crippen MR) is 121 cm³/mol. The van der Waals surface area contributed by atoms with Crippen LogP contribution in [-0.2, 0) is 18.4 Å². The van der Waals surface area contributed by atoms with Crippen molar-refractivity contribution >= 4 is 6.09 Å². The van der Waals surface area contributed by atoms with E-state index >= 15 is 0 Å². The minimum Gasteiger partial charge on any atom is -0.600 e. The van der Waals surface area contributed by atoms with E-state index < -0.39 is 23.2 Å². The maximum absolute atomic E-state index is 14.9. The summed E-state index contributed by atoms with van der Waals surface area (Å²) in [6, 6.07) is 4.02. The number of amides is 1. The summed E-state index contributed by atoms with van der Waals surface area (Å²) in [5.74, 6) is -0.0258. The van der Waals surface area contributed by atoms with Crippen molar-refractivity contribution in [1.29, 1.82) is 0 Å². The summed E-state index contributed by atoms with van der Waals surface area (Å²) >= 11 is 0. The first-order valence-electron chi connectivity index (χ1n) is 11.6. The number of aryl methyl sites for hydroxylation is 1. The fraction of sp³-hybridized carbons (Fsp3) is 0.609. The molecule has 1 aromatic carbocycles. The Morgan fingerprint density at radius 1 is 1.41 bits per heavy atom. The van der Waals surface area contributed by atoms with Crippen LogP contribution in [-0.4, -0.2) is 56.9 Å². The van der Waals surface area contributed by atoms with Crippen LogP contribution in [0.4, 0.5) is 9.18 Å². The first kappa shape index (κ1) is 25.9. The third kappa shape index (κ3) is 6.64. The van der Waals surface area contributed by atoms with Crippen LogP contribution < -0.4 is 9.96 Å². The second kappa shape index (κ2) is 11.6. The van der Waals surface area contributed by atoms with Crippen LogP contribution in [0.3, 0.4) is 0 Å². The highest BCUT2D eigenvalue weighted by atomic mass is 19.1. The number of hydrogen-bond acceptors (Lipinski definition) is 7. The quantitative estimate of drug-likeness (QED) is 0.531. The normalized spacial score (nSPS) is 19.2. The van der Waals surface area contributed by atoms with Gasteiger partial charge in [0.1, 0.15) is 30.1 Å². The average molecular weight is 480 g/mol. The van der Waals surface area contributed by atoms with Crippen LogP contribution in [0.25, 0.3) is 11.3 Å². The molecule has 1 aliphatic rings. The van der Waals surface area contributed by atoms with E-state index in [9.17, 15) is 19.6 Å². The largest absolute Gasteiger partial charge is 0.600 e. The SMILES string of the molecule is CC(C)CCN(C)C(=O)OCc1c(-c2ccc(O[C@H]3CCC[C@H]([NH+]([O-])O)C3)c(F)c2)nnn1C. The highest BCUT2D eigenvalue weighted by Gasteiger charge is 2.28. The van der Waals surface area contributed by atoms with Gasteiger partial charge in [-0.3, -0.25) is 0 Å². The van der Waals surface area contributed by atoms with Gasteiger partial charge >= 0.3 is 6.09 Å². The van der Waals surface area contributed by atoms with Gasteiger partial charge in [-0.2, -0.15) is 0 Å². The molecule has 1 aliphatic carbocycles. The first-order valence-corrected chi connectivity index (χ1v) is 11.6. The van der Waals surface area contributed by atoms with Crippen molar-refractivity contribution < 1.29 is 29.1 Å². The van der Waals surface area contributed by atoms with Gasteiger partial charge in [0.15, 0.2) is 11.6 Å². The van der Waals surface area contributed by atoms with Gasteiger partial charge in [-0.05, 0) is 43.4 Å². The zero-order valence-electron chi connectivity index (χ0n) is 20.2. The summed E-state index contributed by atoms with van der Waals surface area (Å²) in [7, 11) is 3.37. The van der Waals surface area contributed by atoms with Gasteiger partial charge in [-0.1, -0.05) is 19.1 Å². The number of hydrogen-bond donors (Lipinski definition) is 2. The van der Waals surface area contributed by atoms with Gasteiger partial charge in [-0.25, -0.2) is 24.3 Å². The zero-order valence-corrected chi connectivity index (χ0v) is 20.2. The lowest BCUT2D eigenvalue weighted by atomic mass is 9.93. The molecule has 1 saturated carbocycles. The first-order chi connectivity index (χ1) is 16.2. The molecule has 1 unspecified atom stereocenters. The van der Waals surface area contributed by atoms with E-state index in [2.05, 4.69) is 24.2 Å². The van der Waals surface area contributed by atoms with Gasteiger partial charge in [-0.15, -0.1) is 5.10 Å². The third-order valence-corrected chi connectivity index (χ3v) is 6.10. The van der Waals surface area contributed by atoms with E-state index in [0.717, 1.165) is 12.8 Å². The monoisotopic (exact) mass is 479 g/mol. The Balaban J connectivity index is 1.66. The van der Waals surface area contributed by atoms with Crippen LogP contribution in [0.1, 0.15) is 51.6 Å². The molecule has 1 aromatic heterocycles. The van der Waals surface area contributed by atoms with E-state index in [0.29, 0.717) is 48.7 Å². The van der Waals surface area contributed by atoms with E-state index in [4.69, 9.17) is 9.47 Å². The number of carbonyl (C=O) groups excluding carboxylic acids is 1. The Morgan fingerprint density at radius 2 is 2.18 bits per heavy atom. The fourth-order valence-electron chi connectivity index (χ4n) is 3.95. The molecule has 0 saturated heterocycles. The minimum atomic E-state index is -0.842. The molecule has 1 heterocycles. The molecule has 1 amide bonds. The number of nitrogens with one attached hydrogen (secondary N) is 1. The number of hydroxylamine groups is 2. The summed E-state index contributed by atoms with van der Waals surface area (Å²) in [5.41, 5.74) is 1.42. The molecular weight excluding hydrogens is 445 g/mol. The predicted octanol–water partition coefficient (Wildman–Crippen LogP) is 2.70. The summed E-state index contributed by atoms with van der Waals surface area (Å²) in [4.78, 5) is 13.8. The summed E-state index contributed by atoms with van der Waals surface area (Å²) in [6.45, 7) is 4.71. The van der Waals surface area contributed by atoms with Gasteiger partial charge < -0.3 is 19.6 Å². The van der Waals surface area contributed by atoms with Crippen LogP contribution in [0.15, 0.2) is 18.2 Å². The molecule has 0 bridgehead atoms. The topological polar surface area (TPSA) is 117 Å². The Morgan fingerprint density at radius 3 is 2.85 bits per heavy atom. The average Bonchev–Trinajstić information content (AvgIpc) is 3.17. The maximum Gasteiger partial charge on any atom is 0.409 e. The molecular formula is C23H34FN5O5. The number of ether oxygens (including phenoxy) is 2. The molecule has 3 rings (SSSR count). The second-order valence-electron chi connectivity index (χ2n) is 9.25. The van der Waals surface area contributed by atoms with E-state index in [-0.39, 0.29) is 18.5 Å². The number of carbonyl (C=O) groups is 1. The second-order valence-corrected chi connectivity index (χ2v) is 9.25. The number of benzene rings is 1. The number of quaternary nitrogens is 1. The Kier molecular flexibility index (Phi) is 8.81. The van der Waals surface area contributed by atoms with Crippen molar-refractivity contribution in [2.75, 3.05) is 13.6 Å². The third-order valence-electron chi connectivity index (χ3n) is 6.10. The van der Waals surface area contributed by atoms with E-state index in [1.807, 2.05) is 0 Å².